The van der Waals surface area contributed by atoms with Crippen molar-refractivity contribution in [2.45, 2.75) is 44.5 Å². The van der Waals surface area contributed by atoms with E-state index in [0.29, 0.717) is 11.1 Å². The minimum Gasteiger partial charge on any atom is -0.422 e. The number of benzene rings is 1. The number of fused-ring (bicyclic) bond motifs is 3. The Morgan fingerprint density at radius 2 is 1.95 bits per heavy atom. The van der Waals surface area contributed by atoms with Crippen molar-refractivity contribution in [3.63, 3.8) is 0 Å². The highest BCUT2D eigenvalue weighted by atomic mass is 16.6. The van der Waals surface area contributed by atoms with Crippen LogP contribution in [0.15, 0.2) is 27.4 Å². The molecule has 5 nitrogen and oxygen atoms in total. The third-order valence-corrected chi connectivity index (χ3v) is 4.51. The zero-order valence-corrected chi connectivity index (χ0v) is 12.8. The van der Waals surface area contributed by atoms with Crippen molar-refractivity contribution in [1.29, 1.82) is 0 Å². The second-order valence-corrected chi connectivity index (χ2v) is 5.84. The van der Waals surface area contributed by atoms with E-state index in [1.807, 2.05) is 6.07 Å². The molecule has 22 heavy (non-hydrogen) atoms. The van der Waals surface area contributed by atoms with E-state index in [9.17, 15) is 15.0 Å². The second kappa shape index (κ2) is 5.50. The number of aryl methyl sites for hydroxylation is 1. The van der Waals surface area contributed by atoms with E-state index in [1.54, 1.807) is 12.1 Å². The van der Waals surface area contributed by atoms with Crippen molar-refractivity contribution in [3.05, 3.63) is 45.3 Å². The van der Waals surface area contributed by atoms with E-state index in [2.05, 4.69) is 0 Å². The average molecular weight is 304 g/mol. The van der Waals surface area contributed by atoms with Crippen LogP contribution >= 0.6 is 0 Å². The normalized spacial score (nSPS) is 18.7. The zero-order valence-electron chi connectivity index (χ0n) is 12.8. The first-order valence-corrected chi connectivity index (χ1v) is 7.52. The molecule has 1 aromatic heterocycles. The highest BCUT2D eigenvalue weighted by molar-refractivity contribution is 5.82. The molecule has 2 aromatic rings. The molecule has 1 aliphatic rings. The van der Waals surface area contributed by atoms with E-state index in [1.165, 1.54) is 14.0 Å². The van der Waals surface area contributed by atoms with Crippen LogP contribution in [-0.4, -0.2) is 23.4 Å². The van der Waals surface area contributed by atoms with Crippen LogP contribution in [0.1, 0.15) is 36.5 Å². The van der Waals surface area contributed by atoms with Gasteiger partial charge in [-0.05, 0) is 44.2 Å². The van der Waals surface area contributed by atoms with E-state index in [4.69, 9.17) is 9.15 Å². The van der Waals surface area contributed by atoms with Gasteiger partial charge in [0.25, 0.3) is 0 Å². The van der Waals surface area contributed by atoms with E-state index >= 15 is 0 Å². The van der Waals surface area contributed by atoms with Crippen LogP contribution in [0.4, 0.5) is 0 Å². The fourth-order valence-electron chi connectivity index (χ4n) is 3.20. The molecule has 1 heterocycles. The summed E-state index contributed by atoms with van der Waals surface area (Å²) in [5, 5.41) is 21.1. The van der Waals surface area contributed by atoms with Gasteiger partial charge in [0.05, 0.1) is 0 Å². The Kier molecular flexibility index (Phi) is 3.80. The molecular formula is C17H20O5. The van der Waals surface area contributed by atoms with Crippen molar-refractivity contribution in [1.82, 2.24) is 0 Å². The van der Waals surface area contributed by atoms with Gasteiger partial charge in [-0.1, -0.05) is 12.1 Å². The molecular weight excluding hydrogens is 284 g/mol. The summed E-state index contributed by atoms with van der Waals surface area (Å²) >= 11 is 0. The van der Waals surface area contributed by atoms with Crippen molar-refractivity contribution in [3.8, 4) is 0 Å². The molecule has 0 saturated carbocycles. The van der Waals surface area contributed by atoms with Gasteiger partial charge in [0.1, 0.15) is 11.7 Å². The van der Waals surface area contributed by atoms with Gasteiger partial charge >= 0.3 is 5.63 Å². The molecule has 2 atom stereocenters. The van der Waals surface area contributed by atoms with Crippen molar-refractivity contribution in [2.75, 3.05) is 7.11 Å². The molecule has 0 radical (unpaired) electrons. The minimum atomic E-state index is -1.83. The summed E-state index contributed by atoms with van der Waals surface area (Å²) in [6, 6.07) is 5.10. The van der Waals surface area contributed by atoms with Crippen LogP contribution in [0.3, 0.4) is 0 Å². The molecule has 1 aromatic carbocycles. The number of rotatable bonds is 3. The van der Waals surface area contributed by atoms with Gasteiger partial charge < -0.3 is 19.4 Å². The number of hydrogen-bond donors (Lipinski definition) is 2. The van der Waals surface area contributed by atoms with Gasteiger partial charge in [-0.2, -0.15) is 0 Å². The predicted octanol–water partition coefficient (Wildman–Crippen LogP) is 1.84. The molecule has 3 rings (SSSR count). The Labute approximate surface area is 128 Å². The molecule has 2 unspecified atom stereocenters. The number of methoxy groups -OCH3 is 1. The lowest BCUT2D eigenvalue weighted by atomic mass is 9.89. The van der Waals surface area contributed by atoms with Gasteiger partial charge in [0, 0.05) is 23.6 Å². The number of aliphatic hydroxyl groups is 2. The van der Waals surface area contributed by atoms with Crippen molar-refractivity contribution < 1.29 is 19.4 Å². The standard InChI is InChI=1S/C17H20O5/c1-10(18)17(20,21-2)11-7-8-13-12-5-3-4-6-14(12)16(19)22-15(13)9-11/h7-10,18,20H,3-6H2,1-2H3. The highest BCUT2D eigenvalue weighted by Crippen LogP contribution is 2.32. The van der Waals surface area contributed by atoms with Gasteiger partial charge in [-0.3, -0.25) is 0 Å². The van der Waals surface area contributed by atoms with Crippen molar-refractivity contribution >= 4 is 11.0 Å². The molecule has 118 valence electrons. The summed E-state index contributed by atoms with van der Waals surface area (Å²) in [6.07, 6.45) is 2.56. The van der Waals surface area contributed by atoms with E-state index in [0.717, 1.165) is 42.2 Å². The topological polar surface area (TPSA) is 79.9 Å². The summed E-state index contributed by atoms with van der Waals surface area (Å²) in [7, 11) is 1.32. The van der Waals surface area contributed by atoms with Gasteiger partial charge in [-0.25, -0.2) is 4.79 Å². The Hall–Kier alpha value is -1.69. The van der Waals surface area contributed by atoms with Crippen LogP contribution in [0.25, 0.3) is 11.0 Å². The lowest BCUT2D eigenvalue weighted by Crippen LogP contribution is -2.39. The molecule has 0 amide bonds. The first-order valence-electron chi connectivity index (χ1n) is 7.52. The van der Waals surface area contributed by atoms with Gasteiger partial charge in [0.15, 0.2) is 0 Å². The second-order valence-electron chi connectivity index (χ2n) is 5.84. The first-order chi connectivity index (χ1) is 10.5. The fraction of sp³-hybridized carbons (Fsp3) is 0.471. The monoisotopic (exact) mass is 304 g/mol. The first kappa shape index (κ1) is 15.2. The third kappa shape index (κ3) is 2.26. The lowest BCUT2D eigenvalue weighted by Gasteiger charge is -2.30. The summed E-state index contributed by atoms with van der Waals surface area (Å²) in [5.41, 5.74) is 2.28. The summed E-state index contributed by atoms with van der Waals surface area (Å²) in [5.74, 6) is -1.83. The van der Waals surface area contributed by atoms with Crippen LogP contribution in [-0.2, 0) is 23.4 Å². The molecule has 0 fully saturated rings. The maximum atomic E-state index is 12.1. The number of aliphatic hydroxyl groups excluding tert-OH is 1. The predicted molar refractivity (Wildman–Crippen MR) is 81.7 cm³/mol. The number of hydrogen-bond acceptors (Lipinski definition) is 5. The smallest absolute Gasteiger partial charge is 0.339 e. The summed E-state index contributed by atoms with van der Waals surface area (Å²) in [6.45, 7) is 1.44. The molecule has 0 bridgehead atoms. The maximum absolute atomic E-state index is 12.1. The fourth-order valence-corrected chi connectivity index (χ4v) is 3.20. The molecule has 0 spiro atoms. The van der Waals surface area contributed by atoms with Crippen LogP contribution < -0.4 is 5.63 Å². The molecule has 1 aliphatic carbocycles. The van der Waals surface area contributed by atoms with Crippen LogP contribution in [0.5, 0.6) is 0 Å². The molecule has 0 saturated heterocycles. The van der Waals surface area contributed by atoms with Gasteiger partial charge in [0.2, 0.25) is 5.79 Å². The van der Waals surface area contributed by atoms with Crippen molar-refractivity contribution in [2.24, 2.45) is 0 Å². The Balaban J connectivity index is 2.22. The quantitative estimate of drug-likeness (QED) is 0.668. The van der Waals surface area contributed by atoms with Crippen LogP contribution in [0.2, 0.25) is 0 Å². The van der Waals surface area contributed by atoms with E-state index in [-0.39, 0.29) is 5.63 Å². The Morgan fingerprint density at radius 3 is 2.59 bits per heavy atom. The Bertz CT molecular complexity index is 761. The largest absolute Gasteiger partial charge is 0.422 e. The highest BCUT2D eigenvalue weighted by Gasteiger charge is 2.35. The summed E-state index contributed by atoms with van der Waals surface area (Å²) in [4.78, 5) is 12.1. The maximum Gasteiger partial charge on any atom is 0.339 e. The number of ether oxygens (including phenoxy) is 1. The van der Waals surface area contributed by atoms with Crippen LogP contribution in [0, 0.1) is 0 Å². The lowest BCUT2D eigenvalue weighted by molar-refractivity contribution is -0.247. The Morgan fingerprint density at radius 1 is 1.27 bits per heavy atom. The minimum absolute atomic E-state index is 0.308. The zero-order chi connectivity index (χ0) is 15.9. The molecule has 5 heteroatoms. The van der Waals surface area contributed by atoms with E-state index < -0.39 is 11.9 Å². The average Bonchev–Trinajstić information content (AvgIpc) is 2.53. The third-order valence-electron chi connectivity index (χ3n) is 4.51. The molecule has 2 N–H and O–H groups in total. The molecule has 0 aliphatic heterocycles. The summed E-state index contributed by atoms with van der Waals surface area (Å²) < 4.78 is 10.5. The van der Waals surface area contributed by atoms with Gasteiger partial charge in [-0.15, -0.1) is 0 Å². The SMILES string of the molecule is COC(O)(c1ccc2c3c(c(=O)oc2c1)CCCC3)C(C)O.